The minimum atomic E-state index is -2.19. The highest BCUT2D eigenvalue weighted by atomic mass is 31.1. The molecule has 0 radical (unpaired) electrons. The monoisotopic (exact) mass is 479 g/mol. The SMILES string of the molecule is [3H][P+](=O)CC1OC(n2ccc(NCCCCCCNC(=O)C=Cc3cnc[nH]3)nc2=O)CC1O. The Morgan fingerprint density at radius 1 is 1.39 bits per heavy atom. The molecule has 33 heavy (non-hydrogen) atoms. The van der Waals surface area contributed by atoms with Crippen LogP contribution in [0.25, 0.3) is 6.08 Å². The highest BCUT2D eigenvalue weighted by Crippen LogP contribution is 2.29. The molecule has 1 saturated heterocycles. The Labute approximate surface area is 194 Å². The van der Waals surface area contributed by atoms with Gasteiger partial charge in [0.25, 0.3) is 0 Å². The second-order valence-electron chi connectivity index (χ2n) is 7.72. The number of carbonyl (C=O) groups excluding carboxylic acids is 1. The van der Waals surface area contributed by atoms with E-state index in [-0.39, 0.29) is 18.5 Å². The van der Waals surface area contributed by atoms with Gasteiger partial charge in [-0.2, -0.15) is 4.98 Å². The summed E-state index contributed by atoms with van der Waals surface area (Å²) in [4.78, 5) is 34.9. The zero-order valence-corrected chi connectivity index (χ0v) is 19.1. The molecule has 11 nitrogen and oxygen atoms in total. The van der Waals surface area contributed by atoms with E-state index in [0.29, 0.717) is 18.9 Å². The van der Waals surface area contributed by atoms with Crippen molar-refractivity contribution < 1.29 is 19.2 Å². The molecular formula is C21H30N6O5P+. The van der Waals surface area contributed by atoms with Crippen molar-refractivity contribution in [3.05, 3.63) is 47.0 Å². The summed E-state index contributed by atoms with van der Waals surface area (Å²) < 4.78 is 25.2. The molecule has 0 aliphatic carbocycles. The van der Waals surface area contributed by atoms with Crippen LogP contribution >= 0.6 is 8.41 Å². The molecule has 0 saturated carbocycles. The zero-order chi connectivity index (χ0) is 24.3. The van der Waals surface area contributed by atoms with Crippen LogP contribution in [0.3, 0.4) is 0 Å². The van der Waals surface area contributed by atoms with Gasteiger partial charge in [-0.05, 0) is 25.0 Å². The Morgan fingerprint density at radius 2 is 2.21 bits per heavy atom. The van der Waals surface area contributed by atoms with Crippen molar-refractivity contribution in [3.63, 3.8) is 0 Å². The van der Waals surface area contributed by atoms with Gasteiger partial charge in [-0.3, -0.25) is 9.36 Å². The van der Waals surface area contributed by atoms with E-state index in [0.717, 1.165) is 31.4 Å². The summed E-state index contributed by atoms with van der Waals surface area (Å²) in [6.45, 7) is 1.27. The lowest BCUT2D eigenvalue weighted by Crippen LogP contribution is -2.27. The normalized spacial score (nSPS) is 21.2. The third kappa shape index (κ3) is 7.88. The molecule has 0 bridgehead atoms. The maximum atomic E-state index is 12.3. The molecule has 3 rings (SSSR count). The number of H-pyrrole nitrogens is 1. The van der Waals surface area contributed by atoms with Crippen molar-refractivity contribution >= 4 is 26.2 Å². The molecule has 1 aliphatic heterocycles. The lowest BCUT2D eigenvalue weighted by atomic mass is 10.2. The van der Waals surface area contributed by atoms with Gasteiger partial charge in [0.15, 0.2) is 6.16 Å². The Hall–Kier alpha value is -2.88. The van der Waals surface area contributed by atoms with Gasteiger partial charge in [-0.25, -0.2) is 9.78 Å². The summed E-state index contributed by atoms with van der Waals surface area (Å²) in [6, 6.07) is 1.67. The molecule has 1 amide bonds. The first-order chi connectivity index (χ1) is 16.4. The van der Waals surface area contributed by atoms with E-state index in [2.05, 4.69) is 25.6 Å². The summed E-state index contributed by atoms with van der Waals surface area (Å²) in [7, 11) is -2.19. The minimum absolute atomic E-state index is 0.0653. The first kappa shape index (κ1) is 23.3. The minimum Gasteiger partial charge on any atom is -0.390 e. The molecule has 1 fully saturated rings. The molecule has 3 heterocycles. The third-order valence-corrected chi connectivity index (χ3v) is 5.75. The molecule has 1 aliphatic rings. The van der Waals surface area contributed by atoms with Gasteiger partial charge in [0.1, 0.15) is 18.1 Å². The van der Waals surface area contributed by atoms with E-state index < -0.39 is 32.5 Å². The fraction of sp³-hybridized carbons (Fsp3) is 0.524. The smallest absolute Gasteiger partial charge is 0.388 e. The molecule has 4 unspecified atom stereocenters. The summed E-state index contributed by atoms with van der Waals surface area (Å²) in [5.41, 5.74) is 0.267. The van der Waals surface area contributed by atoms with Crippen LogP contribution in [0.2, 0.25) is 0 Å². The van der Waals surface area contributed by atoms with Gasteiger partial charge in [0.2, 0.25) is 5.91 Å². The zero-order valence-electron chi connectivity index (χ0n) is 19.2. The number of anilines is 1. The number of aromatic nitrogens is 4. The Morgan fingerprint density at radius 3 is 2.94 bits per heavy atom. The van der Waals surface area contributed by atoms with Gasteiger partial charge >= 0.3 is 15.4 Å². The quantitative estimate of drug-likeness (QED) is 0.191. The standard InChI is InChI=1S/C21H29N6O5P/c28-16-11-20(32-17(16)13-33-31)27-10-7-18(26-21(27)30)23-8-3-1-2-4-9-24-19(29)6-5-15-12-22-14-25-15/h5-7,10,12,14,16-17,20,28H,1-4,8-9,11,13H2,(H,22,25)(H,24,29)(H,23,26,30)/p+1/i/hT. The number of amides is 1. The number of aromatic amines is 1. The van der Waals surface area contributed by atoms with Crippen molar-refractivity contribution in [1.29, 1.82) is 1.28 Å². The lowest BCUT2D eigenvalue weighted by Gasteiger charge is -2.14. The van der Waals surface area contributed by atoms with Crippen LogP contribution in [-0.2, 0) is 14.1 Å². The third-order valence-electron chi connectivity index (χ3n) is 5.24. The van der Waals surface area contributed by atoms with Crippen LogP contribution in [0.5, 0.6) is 0 Å². The number of imidazole rings is 1. The molecular weight excluding hydrogens is 447 g/mol. The van der Waals surface area contributed by atoms with E-state index in [1.54, 1.807) is 30.9 Å². The number of nitrogens with zero attached hydrogens (tertiary/aromatic N) is 3. The average Bonchev–Trinajstić information content (AvgIpc) is 3.44. The molecule has 0 spiro atoms. The number of carbonyl (C=O) groups is 1. The number of unbranched alkanes of at least 4 members (excludes halogenated alkanes) is 3. The highest BCUT2D eigenvalue weighted by Gasteiger charge is 2.37. The molecule has 178 valence electrons. The summed E-state index contributed by atoms with van der Waals surface area (Å²) in [5.74, 6) is 0.318. The van der Waals surface area contributed by atoms with Gasteiger partial charge in [-0.1, -0.05) is 17.4 Å². The number of aliphatic hydroxyl groups excluding tert-OH is 1. The number of rotatable bonds is 13. The topological polar surface area (TPSA) is 151 Å². The van der Waals surface area contributed by atoms with E-state index in [1.165, 1.54) is 10.6 Å². The van der Waals surface area contributed by atoms with Crippen molar-refractivity contribution in [2.24, 2.45) is 0 Å². The molecule has 12 heteroatoms. The first-order valence-electron chi connectivity index (χ1n) is 11.4. The number of hydrogen-bond donors (Lipinski definition) is 4. The predicted molar refractivity (Wildman–Crippen MR) is 124 cm³/mol. The Bertz CT molecular complexity index is 1030. The maximum absolute atomic E-state index is 12.3. The lowest BCUT2D eigenvalue weighted by molar-refractivity contribution is -0.116. The van der Waals surface area contributed by atoms with Crippen molar-refractivity contribution in [2.75, 3.05) is 24.6 Å². The van der Waals surface area contributed by atoms with Crippen molar-refractivity contribution in [3.8, 4) is 0 Å². The molecule has 2 aromatic rings. The molecule has 4 N–H and O–H groups in total. The number of ether oxygens (including phenoxy) is 1. The van der Waals surface area contributed by atoms with Gasteiger partial charge < -0.3 is 25.5 Å². The van der Waals surface area contributed by atoms with Gasteiger partial charge in [0, 0.05) is 31.8 Å². The van der Waals surface area contributed by atoms with Crippen LogP contribution in [0.1, 0.15) is 44.0 Å². The van der Waals surface area contributed by atoms with Crippen LogP contribution in [-0.4, -0.2) is 63.3 Å². The highest BCUT2D eigenvalue weighted by molar-refractivity contribution is 7.23. The Balaban J connectivity index is 1.29. The van der Waals surface area contributed by atoms with E-state index >= 15 is 0 Å². The summed E-state index contributed by atoms with van der Waals surface area (Å²) in [6.07, 6.45) is 9.43. The second-order valence-corrected chi connectivity index (χ2v) is 8.34. The summed E-state index contributed by atoms with van der Waals surface area (Å²) >= 11 is 0. The van der Waals surface area contributed by atoms with E-state index in [1.807, 2.05) is 0 Å². The number of aliphatic hydroxyl groups is 1. The second kappa shape index (κ2) is 13.0. The number of hydrogen-bond acceptors (Lipinski definition) is 8. The average molecular weight is 479 g/mol. The van der Waals surface area contributed by atoms with Crippen LogP contribution < -0.4 is 16.3 Å². The largest absolute Gasteiger partial charge is 0.390 e. The van der Waals surface area contributed by atoms with Crippen molar-refractivity contribution in [1.82, 2.24) is 24.8 Å². The maximum Gasteiger partial charge on any atom is 0.388 e. The molecule has 2 aromatic heterocycles. The van der Waals surface area contributed by atoms with Gasteiger partial charge in [0.05, 0.1) is 24.3 Å². The van der Waals surface area contributed by atoms with E-state index in [4.69, 9.17) is 6.02 Å². The van der Waals surface area contributed by atoms with Crippen LogP contribution in [0.15, 0.2) is 35.7 Å². The fourth-order valence-corrected chi connectivity index (χ4v) is 3.94. The van der Waals surface area contributed by atoms with Crippen molar-refractivity contribution in [2.45, 2.75) is 50.5 Å². The number of nitrogens with one attached hydrogen (secondary N) is 3. The first-order valence-corrected chi connectivity index (χ1v) is 12.0. The Kier molecular flexibility index (Phi) is 9.16. The molecule has 0 aromatic carbocycles. The predicted octanol–water partition coefficient (Wildman–Crippen LogP) is 1.44. The van der Waals surface area contributed by atoms with E-state index in [9.17, 15) is 19.3 Å². The molecule has 4 atom stereocenters. The van der Waals surface area contributed by atoms with Gasteiger partial charge in [-0.15, -0.1) is 0 Å². The van der Waals surface area contributed by atoms with Crippen LogP contribution in [0.4, 0.5) is 5.82 Å². The van der Waals surface area contributed by atoms with Crippen LogP contribution in [0, 0.1) is 0 Å². The summed E-state index contributed by atoms with van der Waals surface area (Å²) in [5, 5.41) is 16.0. The fourth-order valence-electron chi connectivity index (χ4n) is 3.47.